The summed E-state index contributed by atoms with van der Waals surface area (Å²) in [7, 11) is 0. The Kier molecular flexibility index (Phi) is 5.23. The van der Waals surface area contributed by atoms with Gasteiger partial charge in [-0.3, -0.25) is 4.90 Å². The lowest BCUT2D eigenvalue weighted by atomic mass is 10.2. The van der Waals surface area contributed by atoms with Crippen LogP contribution in [0, 0.1) is 5.82 Å². The fraction of sp³-hybridized carbons (Fsp3) is 0.500. The molecule has 0 bridgehead atoms. The fourth-order valence-corrected chi connectivity index (χ4v) is 2.41. The first-order valence-electron chi connectivity index (χ1n) is 6.90. The summed E-state index contributed by atoms with van der Waals surface area (Å²) in [5, 5.41) is 5.19. The summed E-state index contributed by atoms with van der Waals surface area (Å²) in [5.74, 6) is -0.390. The second-order valence-corrected chi connectivity index (χ2v) is 5.29. The summed E-state index contributed by atoms with van der Waals surface area (Å²) in [6, 6.07) is 5.04. The van der Waals surface area contributed by atoms with E-state index in [-0.39, 0.29) is 19.1 Å². The van der Waals surface area contributed by atoms with Crippen LogP contribution in [0.1, 0.15) is 12.0 Å². The van der Waals surface area contributed by atoms with Gasteiger partial charge in [-0.05, 0) is 24.1 Å². The van der Waals surface area contributed by atoms with E-state index >= 15 is 0 Å². The first-order chi connectivity index (χ1) is 10.3. The van der Waals surface area contributed by atoms with E-state index in [1.165, 1.54) is 23.1 Å². The Balaban J connectivity index is 1.72. The minimum atomic E-state index is -4.23. The third-order valence-corrected chi connectivity index (χ3v) is 3.35. The fourth-order valence-electron chi connectivity index (χ4n) is 2.41. The monoisotopic (exact) mass is 319 g/mol. The van der Waals surface area contributed by atoms with Crippen LogP contribution in [0.25, 0.3) is 0 Å². The second-order valence-electron chi connectivity index (χ2n) is 5.29. The highest BCUT2D eigenvalue weighted by molar-refractivity contribution is 5.74. The van der Waals surface area contributed by atoms with Crippen LogP contribution < -0.4 is 10.6 Å². The number of rotatable bonds is 4. The van der Waals surface area contributed by atoms with Gasteiger partial charge in [0, 0.05) is 25.7 Å². The van der Waals surface area contributed by atoms with Crippen LogP contribution in [0.2, 0.25) is 0 Å². The molecule has 0 aliphatic carbocycles. The number of nitrogens with zero attached hydrogens (tertiary/aromatic N) is 1. The van der Waals surface area contributed by atoms with Crippen molar-refractivity contribution in [1.29, 1.82) is 0 Å². The number of nitrogens with one attached hydrogen (secondary N) is 2. The van der Waals surface area contributed by atoms with Gasteiger partial charge >= 0.3 is 12.2 Å². The minimum absolute atomic E-state index is 0.155. The SMILES string of the molecule is O=C(NCc1cccc(F)c1)N[C@H]1CCN(CC(F)(F)F)C1. The Morgan fingerprint density at radius 3 is 2.82 bits per heavy atom. The molecule has 0 saturated carbocycles. The Labute approximate surface area is 125 Å². The number of hydrogen-bond donors (Lipinski definition) is 2. The lowest BCUT2D eigenvalue weighted by Gasteiger charge is -2.18. The molecule has 4 nitrogen and oxygen atoms in total. The van der Waals surface area contributed by atoms with E-state index in [4.69, 9.17) is 0 Å². The molecule has 1 aliphatic heterocycles. The van der Waals surface area contributed by atoms with Gasteiger partial charge in [-0.1, -0.05) is 12.1 Å². The van der Waals surface area contributed by atoms with Crippen LogP contribution in [0.15, 0.2) is 24.3 Å². The molecule has 1 aromatic rings. The zero-order valence-electron chi connectivity index (χ0n) is 11.8. The summed E-state index contributed by atoms with van der Waals surface area (Å²) in [5.41, 5.74) is 0.611. The van der Waals surface area contributed by atoms with Gasteiger partial charge in [0.25, 0.3) is 0 Å². The summed E-state index contributed by atoms with van der Waals surface area (Å²) in [4.78, 5) is 13.0. The average molecular weight is 319 g/mol. The van der Waals surface area contributed by atoms with Crippen LogP contribution >= 0.6 is 0 Å². The molecule has 1 fully saturated rings. The minimum Gasteiger partial charge on any atom is -0.334 e. The zero-order chi connectivity index (χ0) is 16.2. The molecule has 1 atom stereocenters. The molecule has 122 valence electrons. The van der Waals surface area contributed by atoms with Crippen molar-refractivity contribution in [3.05, 3.63) is 35.6 Å². The number of hydrogen-bond acceptors (Lipinski definition) is 2. The first kappa shape index (κ1) is 16.5. The number of alkyl halides is 3. The quantitative estimate of drug-likeness (QED) is 0.836. The Morgan fingerprint density at radius 2 is 2.14 bits per heavy atom. The number of benzene rings is 1. The van der Waals surface area contributed by atoms with Gasteiger partial charge in [0.15, 0.2) is 0 Å². The highest BCUT2D eigenvalue weighted by Crippen LogP contribution is 2.19. The molecular weight excluding hydrogens is 302 g/mol. The highest BCUT2D eigenvalue weighted by Gasteiger charge is 2.34. The number of amides is 2. The molecule has 8 heteroatoms. The number of likely N-dealkylation sites (tertiary alicyclic amines) is 1. The maximum Gasteiger partial charge on any atom is 0.401 e. The molecule has 0 aromatic heterocycles. The van der Waals surface area contributed by atoms with Crippen molar-refractivity contribution in [2.24, 2.45) is 0 Å². The Hall–Kier alpha value is -1.83. The maximum atomic E-state index is 13.0. The summed E-state index contributed by atoms with van der Waals surface area (Å²) in [6.07, 6.45) is -3.75. The number of urea groups is 1. The van der Waals surface area contributed by atoms with Crippen LogP contribution in [-0.4, -0.2) is 42.8 Å². The first-order valence-corrected chi connectivity index (χ1v) is 6.90. The lowest BCUT2D eigenvalue weighted by Crippen LogP contribution is -2.43. The third kappa shape index (κ3) is 5.51. The predicted octanol–water partition coefficient (Wildman–Crippen LogP) is 2.26. The van der Waals surface area contributed by atoms with Gasteiger partial charge in [-0.25, -0.2) is 9.18 Å². The maximum absolute atomic E-state index is 13.0. The average Bonchev–Trinajstić information content (AvgIpc) is 2.81. The van der Waals surface area contributed by atoms with Gasteiger partial charge in [0.2, 0.25) is 0 Å². The van der Waals surface area contributed by atoms with E-state index in [0.29, 0.717) is 18.5 Å². The molecule has 0 spiro atoms. The normalized spacial score (nSPS) is 19.2. The van der Waals surface area contributed by atoms with E-state index in [1.54, 1.807) is 6.07 Å². The lowest BCUT2D eigenvalue weighted by molar-refractivity contribution is -0.143. The van der Waals surface area contributed by atoms with E-state index in [9.17, 15) is 22.4 Å². The molecule has 1 aliphatic rings. The van der Waals surface area contributed by atoms with Gasteiger partial charge in [-0.15, -0.1) is 0 Å². The molecular formula is C14H17F4N3O. The van der Waals surface area contributed by atoms with Crippen molar-refractivity contribution in [2.45, 2.75) is 25.2 Å². The van der Waals surface area contributed by atoms with E-state index in [2.05, 4.69) is 10.6 Å². The Bertz CT molecular complexity index is 521. The van der Waals surface area contributed by atoms with Gasteiger partial charge < -0.3 is 10.6 Å². The summed E-state index contributed by atoms with van der Waals surface area (Å²) < 4.78 is 49.8. The van der Waals surface area contributed by atoms with E-state index in [0.717, 1.165) is 0 Å². The topological polar surface area (TPSA) is 44.4 Å². The third-order valence-electron chi connectivity index (χ3n) is 3.35. The van der Waals surface area contributed by atoms with Crippen molar-refractivity contribution in [3.63, 3.8) is 0 Å². The van der Waals surface area contributed by atoms with Crippen molar-refractivity contribution in [2.75, 3.05) is 19.6 Å². The molecule has 1 heterocycles. The zero-order valence-corrected chi connectivity index (χ0v) is 11.8. The van der Waals surface area contributed by atoms with E-state index < -0.39 is 24.6 Å². The Morgan fingerprint density at radius 1 is 1.36 bits per heavy atom. The predicted molar refractivity (Wildman–Crippen MR) is 72.7 cm³/mol. The molecule has 22 heavy (non-hydrogen) atoms. The van der Waals surface area contributed by atoms with Crippen LogP contribution in [0.3, 0.4) is 0 Å². The molecule has 1 saturated heterocycles. The van der Waals surface area contributed by atoms with Crippen LogP contribution in [0.5, 0.6) is 0 Å². The number of halogens is 4. The molecule has 2 rings (SSSR count). The van der Waals surface area contributed by atoms with E-state index in [1.807, 2.05) is 0 Å². The van der Waals surface area contributed by atoms with Gasteiger partial charge in [-0.2, -0.15) is 13.2 Å². The van der Waals surface area contributed by atoms with Crippen LogP contribution in [-0.2, 0) is 6.54 Å². The van der Waals surface area contributed by atoms with Crippen molar-refractivity contribution < 1.29 is 22.4 Å². The largest absolute Gasteiger partial charge is 0.401 e. The summed E-state index contributed by atoms with van der Waals surface area (Å²) in [6.45, 7) is -0.333. The number of carbonyl (C=O) groups is 1. The molecule has 2 amide bonds. The number of carbonyl (C=O) groups excluding carboxylic acids is 1. The highest BCUT2D eigenvalue weighted by atomic mass is 19.4. The van der Waals surface area contributed by atoms with Crippen molar-refractivity contribution >= 4 is 6.03 Å². The standard InChI is InChI=1S/C14H17F4N3O/c15-11-3-1-2-10(6-11)7-19-13(22)20-12-4-5-21(8-12)9-14(16,17)18/h1-3,6,12H,4-5,7-9H2,(H2,19,20,22)/t12-/m0/s1. The molecule has 2 N–H and O–H groups in total. The molecule has 0 radical (unpaired) electrons. The van der Waals surface area contributed by atoms with Gasteiger partial charge in [0.05, 0.1) is 6.54 Å². The van der Waals surface area contributed by atoms with Crippen molar-refractivity contribution in [3.8, 4) is 0 Å². The van der Waals surface area contributed by atoms with Gasteiger partial charge in [0.1, 0.15) is 5.82 Å². The molecule has 1 aromatic carbocycles. The van der Waals surface area contributed by atoms with Crippen molar-refractivity contribution in [1.82, 2.24) is 15.5 Å². The molecule has 0 unspecified atom stereocenters. The summed E-state index contributed by atoms with van der Waals surface area (Å²) >= 11 is 0. The van der Waals surface area contributed by atoms with Crippen LogP contribution in [0.4, 0.5) is 22.4 Å². The smallest absolute Gasteiger partial charge is 0.334 e. The second kappa shape index (κ2) is 6.95.